The molecule has 0 aromatic heterocycles. The topological polar surface area (TPSA) is 48.9 Å². The second kappa shape index (κ2) is 14.2. The van der Waals surface area contributed by atoms with Gasteiger partial charge in [0.05, 0.1) is 13.2 Å². The molecule has 2 rings (SSSR count). The van der Waals surface area contributed by atoms with E-state index >= 15 is 0 Å². The standard InChI is InChI=1S/C21H36N4O.HI/c1-4-22-21(23-13-15-26-5-2)24-16-19-9-11-20(12-10-19)17-25-14-7-6-8-18(25)3;/h9-12,18H,4-8,13-17H2,1-3H3,(H2,22,23,24);1H. The fourth-order valence-corrected chi connectivity index (χ4v) is 3.28. The molecule has 1 aliphatic rings. The fourth-order valence-electron chi connectivity index (χ4n) is 3.28. The zero-order valence-electron chi connectivity index (χ0n) is 17.2. The molecular weight excluding hydrogens is 451 g/mol. The molecule has 6 heteroatoms. The largest absolute Gasteiger partial charge is 0.380 e. The molecule has 0 aliphatic carbocycles. The van der Waals surface area contributed by atoms with Crippen molar-refractivity contribution in [2.75, 3.05) is 32.8 Å². The molecule has 5 nitrogen and oxygen atoms in total. The number of likely N-dealkylation sites (tertiary alicyclic amines) is 1. The maximum Gasteiger partial charge on any atom is 0.191 e. The van der Waals surface area contributed by atoms with Crippen LogP contribution in [0.2, 0.25) is 0 Å². The first kappa shape index (κ1) is 24.2. The molecule has 0 bridgehead atoms. The van der Waals surface area contributed by atoms with Gasteiger partial charge in [0.25, 0.3) is 0 Å². The number of nitrogens with zero attached hydrogens (tertiary/aromatic N) is 2. The van der Waals surface area contributed by atoms with Crippen LogP contribution in [-0.4, -0.2) is 49.7 Å². The molecule has 1 unspecified atom stereocenters. The van der Waals surface area contributed by atoms with E-state index in [1.165, 1.54) is 36.9 Å². The second-order valence-corrected chi connectivity index (χ2v) is 6.95. The van der Waals surface area contributed by atoms with Gasteiger partial charge in [-0.25, -0.2) is 4.99 Å². The average molecular weight is 488 g/mol. The highest BCUT2D eigenvalue weighted by atomic mass is 127. The lowest BCUT2D eigenvalue weighted by molar-refractivity contribution is 0.152. The van der Waals surface area contributed by atoms with Crippen LogP contribution in [0, 0.1) is 0 Å². The fraction of sp³-hybridized carbons (Fsp3) is 0.667. The van der Waals surface area contributed by atoms with Crippen LogP contribution < -0.4 is 10.6 Å². The number of halogens is 1. The van der Waals surface area contributed by atoms with Crippen molar-refractivity contribution >= 4 is 29.9 Å². The van der Waals surface area contributed by atoms with Gasteiger partial charge in [-0.05, 0) is 51.3 Å². The number of benzene rings is 1. The van der Waals surface area contributed by atoms with Gasteiger partial charge in [0.15, 0.2) is 5.96 Å². The van der Waals surface area contributed by atoms with E-state index in [4.69, 9.17) is 4.74 Å². The third-order valence-electron chi connectivity index (χ3n) is 4.86. The molecule has 1 saturated heterocycles. The zero-order valence-corrected chi connectivity index (χ0v) is 19.5. The van der Waals surface area contributed by atoms with Crippen LogP contribution in [0.25, 0.3) is 0 Å². The van der Waals surface area contributed by atoms with Crippen LogP contribution in [0.5, 0.6) is 0 Å². The van der Waals surface area contributed by atoms with Gasteiger partial charge in [-0.2, -0.15) is 0 Å². The van der Waals surface area contributed by atoms with E-state index < -0.39 is 0 Å². The summed E-state index contributed by atoms with van der Waals surface area (Å²) >= 11 is 0. The first-order chi connectivity index (χ1) is 12.7. The maximum atomic E-state index is 5.36. The summed E-state index contributed by atoms with van der Waals surface area (Å²) in [4.78, 5) is 7.27. The normalized spacial score (nSPS) is 18.0. The van der Waals surface area contributed by atoms with Gasteiger partial charge >= 0.3 is 0 Å². The first-order valence-corrected chi connectivity index (χ1v) is 10.1. The van der Waals surface area contributed by atoms with E-state index in [-0.39, 0.29) is 24.0 Å². The number of guanidine groups is 1. The Morgan fingerprint density at radius 2 is 1.89 bits per heavy atom. The van der Waals surface area contributed by atoms with Gasteiger partial charge in [0.1, 0.15) is 0 Å². The molecule has 1 aliphatic heterocycles. The monoisotopic (exact) mass is 488 g/mol. The Hall–Kier alpha value is -0.860. The zero-order chi connectivity index (χ0) is 18.6. The Morgan fingerprint density at radius 1 is 1.15 bits per heavy atom. The molecule has 2 N–H and O–H groups in total. The predicted molar refractivity (Wildman–Crippen MR) is 125 cm³/mol. The first-order valence-electron chi connectivity index (χ1n) is 10.1. The lowest BCUT2D eigenvalue weighted by Crippen LogP contribution is -2.39. The summed E-state index contributed by atoms with van der Waals surface area (Å²) in [7, 11) is 0. The smallest absolute Gasteiger partial charge is 0.191 e. The number of hydrogen-bond donors (Lipinski definition) is 2. The minimum atomic E-state index is 0. The summed E-state index contributed by atoms with van der Waals surface area (Å²) in [5.41, 5.74) is 2.63. The average Bonchev–Trinajstić information content (AvgIpc) is 2.66. The Balaban J connectivity index is 0.00000364. The maximum absolute atomic E-state index is 5.36. The van der Waals surface area contributed by atoms with Crippen molar-refractivity contribution in [3.05, 3.63) is 35.4 Å². The number of ether oxygens (including phenoxy) is 1. The number of piperidine rings is 1. The molecule has 0 radical (unpaired) electrons. The summed E-state index contributed by atoms with van der Waals surface area (Å²) in [5.74, 6) is 0.846. The lowest BCUT2D eigenvalue weighted by Gasteiger charge is -2.33. The molecule has 1 fully saturated rings. The summed E-state index contributed by atoms with van der Waals surface area (Å²) in [6.45, 7) is 12.5. The predicted octanol–water partition coefficient (Wildman–Crippen LogP) is 3.77. The molecule has 27 heavy (non-hydrogen) atoms. The van der Waals surface area contributed by atoms with Crippen molar-refractivity contribution in [3.8, 4) is 0 Å². The molecule has 1 aromatic carbocycles. The molecule has 0 amide bonds. The van der Waals surface area contributed by atoms with E-state index in [1.54, 1.807) is 0 Å². The van der Waals surface area contributed by atoms with Gasteiger partial charge in [-0.3, -0.25) is 4.90 Å². The number of hydrogen-bond acceptors (Lipinski definition) is 3. The summed E-state index contributed by atoms with van der Waals surface area (Å²) < 4.78 is 5.36. The number of rotatable bonds is 9. The number of nitrogens with one attached hydrogen (secondary N) is 2. The SMILES string of the molecule is CCNC(=NCc1ccc(CN2CCCCC2C)cc1)NCCOCC.I. The van der Waals surface area contributed by atoms with Crippen molar-refractivity contribution in [2.24, 2.45) is 4.99 Å². The van der Waals surface area contributed by atoms with Gasteiger partial charge in [0, 0.05) is 32.3 Å². The van der Waals surface area contributed by atoms with E-state index in [0.717, 1.165) is 32.2 Å². The minimum absolute atomic E-state index is 0. The third kappa shape index (κ3) is 9.25. The van der Waals surface area contributed by atoms with E-state index in [2.05, 4.69) is 58.6 Å². The molecule has 154 valence electrons. The Labute approximate surface area is 182 Å². The van der Waals surface area contributed by atoms with Crippen molar-refractivity contribution < 1.29 is 4.74 Å². The van der Waals surface area contributed by atoms with Crippen LogP contribution in [0.15, 0.2) is 29.3 Å². The van der Waals surface area contributed by atoms with Crippen molar-refractivity contribution in [3.63, 3.8) is 0 Å². The minimum Gasteiger partial charge on any atom is -0.380 e. The van der Waals surface area contributed by atoms with Crippen LogP contribution in [-0.2, 0) is 17.8 Å². The molecule has 1 heterocycles. The second-order valence-electron chi connectivity index (χ2n) is 6.95. The Morgan fingerprint density at radius 3 is 2.56 bits per heavy atom. The Kier molecular flexibility index (Phi) is 12.7. The summed E-state index contributed by atoms with van der Waals surface area (Å²) in [6.07, 6.45) is 4.04. The molecular formula is C21H37IN4O. The van der Waals surface area contributed by atoms with E-state index in [9.17, 15) is 0 Å². The molecule has 1 atom stereocenters. The number of aliphatic imine (C=N–C) groups is 1. The van der Waals surface area contributed by atoms with Crippen LogP contribution in [0.4, 0.5) is 0 Å². The highest BCUT2D eigenvalue weighted by Gasteiger charge is 2.17. The van der Waals surface area contributed by atoms with Crippen LogP contribution in [0.3, 0.4) is 0 Å². The van der Waals surface area contributed by atoms with E-state index in [0.29, 0.717) is 19.2 Å². The van der Waals surface area contributed by atoms with Crippen molar-refractivity contribution in [2.45, 2.75) is 59.2 Å². The van der Waals surface area contributed by atoms with Crippen molar-refractivity contribution in [1.29, 1.82) is 0 Å². The van der Waals surface area contributed by atoms with Gasteiger partial charge in [-0.15, -0.1) is 24.0 Å². The molecule has 0 saturated carbocycles. The lowest BCUT2D eigenvalue weighted by atomic mass is 10.0. The van der Waals surface area contributed by atoms with E-state index in [1.807, 2.05) is 6.92 Å². The summed E-state index contributed by atoms with van der Waals surface area (Å²) in [5, 5.41) is 6.58. The van der Waals surface area contributed by atoms with Gasteiger partial charge in [-0.1, -0.05) is 30.7 Å². The van der Waals surface area contributed by atoms with Crippen LogP contribution >= 0.6 is 24.0 Å². The third-order valence-corrected chi connectivity index (χ3v) is 4.86. The summed E-state index contributed by atoms with van der Waals surface area (Å²) in [6, 6.07) is 9.62. The van der Waals surface area contributed by atoms with Crippen LogP contribution in [0.1, 0.15) is 51.2 Å². The van der Waals surface area contributed by atoms with Crippen molar-refractivity contribution in [1.82, 2.24) is 15.5 Å². The quantitative estimate of drug-likeness (QED) is 0.241. The van der Waals surface area contributed by atoms with Gasteiger partial charge < -0.3 is 15.4 Å². The van der Waals surface area contributed by atoms with Gasteiger partial charge in [0.2, 0.25) is 0 Å². The highest BCUT2D eigenvalue weighted by molar-refractivity contribution is 14.0. The Bertz CT molecular complexity index is 535. The molecule has 0 spiro atoms. The molecule has 1 aromatic rings. The highest BCUT2D eigenvalue weighted by Crippen LogP contribution is 2.19.